The Morgan fingerprint density at radius 3 is 2.71 bits per heavy atom. The monoisotopic (exact) mass is 383 g/mol. The standard InChI is InChI=1S/C20H25N5O3/c1-13-22-18(24-23-13)12-21-19(26)15-3-2-4-17(11-15)28-16-7-9-25(10-8-16)20(27)14-5-6-14/h2-4,11,14,16H,5-10,12H2,1H3,(H,21,26)(H,22,23,24). The molecule has 1 aliphatic carbocycles. The number of ether oxygens (including phenoxy) is 1. The molecule has 1 aromatic heterocycles. The molecule has 0 radical (unpaired) electrons. The summed E-state index contributed by atoms with van der Waals surface area (Å²) in [5.41, 5.74) is 0.533. The van der Waals surface area contributed by atoms with Crippen molar-refractivity contribution in [1.82, 2.24) is 25.4 Å². The third kappa shape index (κ3) is 4.49. The molecule has 2 aliphatic rings. The first-order chi connectivity index (χ1) is 13.6. The fourth-order valence-corrected chi connectivity index (χ4v) is 3.42. The number of amides is 2. The summed E-state index contributed by atoms with van der Waals surface area (Å²) in [5, 5.41) is 9.57. The van der Waals surface area contributed by atoms with E-state index in [4.69, 9.17) is 4.74 Å². The number of carbonyl (C=O) groups excluding carboxylic acids is 2. The summed E-state index contributed by atoms with van der Waals surface area (Å²) < 4.78 is 6.07. The highest BCUT2D eigenvalue weighted by molar-refractivity contribution is 5.94. The predicted octanol–water partition coefficient (Wildman–Crippen LogP) is 1.82. The third-order valence-corrected chi connectivity index (χ3v) is 5.13. The van der Waals surface area contributed by atoms with Crippen LogP contribution in [0, 0.1) is 12.8 Å². The lowest BCUT2D eigenvalue weighted by Gasteiger charge is -2.32. The average molecular weight is 383 g/mol. The van der Waals surface area contributed by atoms with Crippen LogP contribution in [0.1, 0.15) is 47.7 Å². The van der Waals surface area contributed by atoms with E-state index in [1.54, 1.807) is 12.1 Å². The molecule has 28 heavy (non-hydrogen) atoms. The Morgan fingerprint density at radius 1 is 1.25 bits per heavy atom. The molecule has 2 N–H and O–H groups in total. The molecule has 148 valence electrons. The molecule has 0 bridgehead atoms. The Balaban J connectivity index is 1.28. The summed E-state index contributed by atoms with van der Waals surface area (Å²) in [6.45, 7) is 3.57. The molecule has 8 heteroatoms. The molecule has 1 saturated carbocycles. The zero-order chi connectivity index (χ0) is 19.5. The van der Waals surface area contributed by atoms with Crippen LogP contribution in [0.4, 0.5) is 0 Å². The second kappa shape index (κ2) is 8.00. The third-order valence-electron chi connectivity index (χ3n) is 5.13. The molecule has 0 atom stereocenters. The number of hydrogen-bond acceptors (Lipinski definition) is 5. The Hall–Kier alpha value is -2.90. The SMILES string of the molecule is Cc1nc(CNC(=O)c2cccc(OC3CCN(C(=O)C4CC4)CC3)c2)n[nH]1. The molecule has 4 rings (SSSR count). The number of nitrogens with zero attached hydrogens (tertiary/aromatic N) is 3. The van der Waals surface area contributed by atoms with Crippen LogP contribution in [0.3, 0.4) is 0 Å². The summed E-state index contributed by atoms with van der Waals surface area (Å²) in [6.07, 6.45) is 3.79. The minimum Gasteiger partial charge on any atom is -0.490 e. The van der Waals surface area contributed by atoms with Gasteiger partial charge >= 0.3 is 0 Å². The van der Waals surface area contributed by atoms with Gasteiger partial charge in [-0.1, -0.05) is 6.07 Å². The molecule has 0 spiro atoms. The second-order valence-electron chi connectivity index (χ2n) is 7.46. The van der Waals surface area contributed by atoms with Crippen LogP contribution in [0.2, 0.25) is 0 Å². The van der Waals surface area contributed by atoms with Gasteiger partial charge in [0.25, 0.3) is 5.91 Å². The molecule has 1 saturated heterocycles. The van der Waals surface area contributed by atoms with Gasteiger partial charge in [-0.25, -0.2) is 4.98 Å². The van der Waals surface area contributed by atoms with Gasteiger partial charge in [0, 0.05) is 37.4 Å². The Kier molecular flexibility index (Phi) is 5.27. The van der Waals surface area contributed by atoms with E-state index < -0.39 is 0 Å². The Morgan fingerprint density at radius 2 is 2.04 bits per heavy atom. The number of rotatable bonds is 6. The predicted molar refractivity (Wildman–Crippen MR) is 102 cm³/mol. The highest BCUT2D eigenvalue weighted by atomic mass is 16.5. The van der Waals surface area contributed by atoms with Crippen LogP contribution in [-0.4, -0.2) is 51.1 Å². The summed E-state index contributed by atoms with van der Waals surface area (Å²) >= 11 is 0. The van der Waals surface area contributed by atoms with Crippen LogP contribution >= 0.6 is 0 Å². The first-order valence-corrected chi connectivity index (χ1v) is 9.80. The van der Waals surface area contributed by atoms with Crippen molar-refractivity contribution in [3.8, 4) is 5.75 Å². The minimum absolute atomic E-state index is 0.0674. The molecule has 2 fully saturated rings. The van der Waals surface area contributed by atoms with E-state index in [0.29, 0.717) is 28.9 Å². The van der Waals surface area contributed by atoms with Gasteiger partial charge in [0.15, 0.2) is 5.82 Å². The second-order valence-corrected chi connectivity index (χ2v) is 7.46. The quantitative estimate of drug-likeness (QED) is 0.793. The van der Waals surface area contributed by atoms with Gasteiger partial charge in [0.2, 0.25) is 5.91 Å². The van der Waals surface area contributed by atoms with Crippen molar-refractivity contribution in [2.45, 2.75) is 45.3 Å². The average Bonchev–Trinajstić information content (AvgIpc) is 3.48. The lowest BCUT2D eigenvalue weighted by molar-refractivity contribution is -0.134. The summed E-state index contributed by atoms with van der Waals surface area (Å²) in [5.74, 6) is 2.31. The molecule has 8 nitrogen and oxygen atoms in total. The molecule has 0 unspecified atom stereocenters. The molecule has 1 aromatic carbocycles. The van der Waals surface area contributed by atoms with Crippen molar-refractivity contribution in [3.63, 3.8) is 0 Å². The van der Waals surface area contributed by atoms with E-state index in [9.17, 15) is 9.59 Å². The van der Waals surface area contributed by atoms with Gasteiger partial charge in [-0.3, -0.25) is 14.7 Å². The minimum atomic E-state index is -0.197. The number of H-pyrrole nitrogens is 1. The molecular weight excluding hydrogens is 358 g/mol. The number of hydrogen-bond donors (Lipinski definition) is 2. The summed E-state index contributed by atoms with van der Waals surface area (Å²) in [7, 11) is 0. The van der Waals surface area contributed by atoms with E-state index >= 15 is 0 Å². The fraction of sp³-hybridized carbons (Fsp3) is 0.500. The van der Waals surface area contributed by atoms with Crippen LogP contribution in [0.15, 0.2) is 24.3 Å². The smallest absolute Gasteiger partial charge is 0.251 e. The number of nitrogens with one attached hydrogen (secondary N) is 2. The zero-order valence-electron chi connectivity index (χ0n) is 16.0. The van der Waals surface area contributed by atoms with Crippen molar-refractivity contribution in [1.29, 1.82) is 0 Å². The topological polar surface area (TPSA) is 100 Å². The highest BCUT2D eigenvalue weighted by Gasteiger charge is 2.35. The molecule has 2 heterocycles. The maximum atomic E-state index is 12.4. The van der Waals surface area contributed by atoms with Gasteiger partial charge in [0.05, 0.1) is 6.54 Å². The van der Waals surface area contributed by atoms with Gasteiger partial charge in [0.1, 0.15) is 17.7 Å². The van der Waals surface area contributed by atoms with Gasteiger partial charge in [-0.2, -0.15) is 5.10 Å². The fourth-order valence-electron chi connectivity index (χ4n) is 3.42. The summed E-state index contributed by atoms with van der Waals surface area (Å²) in [4.78, 5) is 30.7. The molecule has 2 amide bonds. The first-order valence-electron chi connectivity index (χ1n) is 9.80. The normalized spacial score (nSPS) is 17.4. The van der Waals surface area contributed by atoms with E-state index in [-0.39, 0.29) is 24.5 Å². The van der Waals surface area contributed by atoms with Crippen molar-refractivity contribution in [2.24, 2.45) is 5.92 Å². The lowest BCUT2D eigenvalue weighted by Crippen LogP contribution is -2.42. The molecule has 1 aliphatic heterocycles. The van der Waals surface area contributed by atoms with Crippen LogP contribution in [0.5, 0.6) is 5.75 Å². The maximum absolute atomic E-state index is 12.4. The van der Waals surface area contributed by atoms with Crippen LogP contribution in [-0.2, 0) is 11.3 Å². The Bertz CT molecular complexity index is 853. The number of likely N-dealkylation sites (tertiary alicyclic amines) is 1. The van der Waals surface area contributed by atoms with E-state index in [1.165, 1.54) is 0 Å². The maximum Gasteiger partial charge on any atom is 0.251 e. The van der Waals surface area contributed by atoms with Gasteiger partial charge in [-0.05, 0) is 38.0 Å². The van der Waals surface area contributed by atoms with Crippen LogP contribution in [0.25, 0.3) is 0 Å². The number of aromatic amines is 1. The number of piperidine rings is 1. The van der Waals surface area contributed by atoms with Gasteiger partial charge in [-0.15, -0.1) is 0 Å². The van der Waals surface area contributed by atoms with Crippen molar-refractivity contribution < 1.29 is 14.3 Å². The van der Waals surface area contributed by atoms with Gasteiger partial charge < -0.3 is 15.0 Å². The van der Waals surface area contributed by atoms with Crippen molar-refractivity contribution in [2.75, 3.05) is 13.1 Å². The largest absolute Gasteiger partial charge is 0.490 e. The highest BCUT2D eigenvalue weighted by Crippen LogP contribution is 2.32. The van der Waals surface area contributed by atoms with Crippen molar-refractivity contribution >= 4 is 11.8 Å². The van der Waals surface area contributed by atoms with E-state index in [0.717, 1.165) is 38.8 Å². The van der Waals surface area contributed by atoms with Crippen molar-refractivity contribution in [3.05, 3.63) is 41.5 Å². The number of aryl methyl sites for hydroxylation is 1. The zero-order valence-corrected chi connectivity index (χ0v) is 16.0. The lowest BCUT2D eigenvalue weighted by atomic mass is 10.1. The summed E-state index contributed by atoms with van der Waals surface area (Å²) in [6, 6.07) is 7.17. The van der Waals surface area contributed by atoms with E-state index in [1.807, 2.05) is 24.0 Å². The number of benzene rings is 1. The molecular formula is C20H25N5O3. The van der Waals surface area contributed by atoms with E-state index in [2.05, 4.69) is 20.5 Å². The number of carbonyl (C=O) groups is 2. The number of aromatic nitrogens is 3. The van der Waals surface area contributed by atoms with Crippen LogP contribution < -0.4 is 10.1 Å². The Labute approximate surface area is 163 Å². The first kappa shape index (κ1) is 18.5. The molecule has 2 aromatic rings.